The summed E-state index contributed by atoms with van der Waals surface area (Å²) in [6.45, 7) is 2.34. The van der Waals surface area contributed by atoms with Gasteiger partial charge in [-0.2, -0.15) is 0 Å². The Labute approximate surface area is 126 Å². The molecule has 1 aliphatic carbocycles. The molecule has 0 aromatic heterocycles. The van der Waals surface area contributed by atoms with Gasteiger partial charge in [-0.3, -0.25) is 0 Å². The van der Waals surface area contributed by atoms with Crippen LogP contribution < -0.4 is 10.5 Å². The summed E-state index contributed by atoms with van der Waals surface area (Å²) in [6.07, 6.45) is 1.95. The summed E-state index contributed by atoms with van der Waals surface area (Å²) in [7, 11) is 3.34. The highest BCUT2D eigenvalue weighted by atomic mass is 16.5. The van der Waals surface area contributed by atoms with Crippen molar-refractivity contribution in [2.24, 2.45) is 5.73 Å². The minimum absolute atomic E-state index is 0.0527. The Morgan fingerprint density at radius 3 is 2.71 bits per heavy atom. The minimum Gasteiger partial charge on any atom is -0.497 e. The number of fused-ring (bicyclic) bond motifs is 1. The van der Waals surface area contributed by atoms with E-state index in [9.17, 15) is 0 Å². The smallest absolute Gasteiger partial charge is 0.119 e. The van der Waals surface area contributed by atoms with Crippen LogP contribution in [0.15, 0.2) is 18.2 Å². The highest BCUT2D eigenvalue weighted by Gasteiger charge is 2.27. The van der Waals surface area contributed by atoms with E-state index in [0.717, 1.165) is 24.2 Å². The van der Waals surface area contributed by atoms with E-state index in [4.69, 9.17) is 24.7 Å². The molecule has 1 aromatic rings. The van der Waals surface area contributed by atoms with Crippen molar-refractivity contribution in [3.63, 3.8) is 0 Å². The van der Waals surface area contributed by atoms with Crippen LogP contribution in [0.1, 0.15) is 23.6 Å². The Bertz CT molecular complexity index is 438. The van der Waals surface area contributed by atoms with Gasteiger partial charge in [-0.05, 0) is 36.1 Å². The predicted molar refractivity (Wildman–Crippen MR) is 80.7 cm³/mol. The summed E-state index contributed by atoms with van der Waals surface area (Å²) in [6, 6.07) is 5.98. The molecule has 1 aromatic carbocycles. The third-order valence-electron chi connectivity index (χ3n) is 3.80. The molecule has 1 aliphatic rings. The minimum atomic E-state index is -0.0846. The molecule has 0 fully saturated rings. The molecule has 0 amide bonds. The van der Waals surface area contributed by atoms with Crippen LogP contribution in [-0.2, 0) is 20.6 Å². The first kappa shape index (κ1) is 16.2. The fourth-order valence-corrected chi connectivity index (χ4v) is 2.62. The van der Waals surface area contributed by atoms with Crippen LogP contribution in [0.5, 0.6) is 5.75 Å². The first-order valence-electron chi connectivity index (χ1n) is 7.37. The van der Waals surface area contributed by atoms with Crippen molar-refractivity contribution >= 4 is 0 Å². The highest BCUT2D eigenvalue weighted by Crippen LogP contribution is 2.32. The molecular weight excluding hydrogens is 270 g/mol. The first-order chi connectivity index (χ1) is 10.3. The van der Waals surface area contributed by atoms with E-state index in [1.807, 2.05) is 12.1 Å². The average molecular weight is 295 g/mol. The van der Waals surface area contributed by atoms with E-state index < -0.39 is 0 Å². The van der Waals surface area contributed by atoms with Gasteiger partial charge in [0.05, 0.1) is 45.7 Å². The molecule has 118 valence electrons. The number of hydrogen-bond donors (Lipinski definition) is 1. The van der Waals surface area contributed by atoms with Gasteiger partial charge in [-0.15, -0.1) is 0 Å². The molecule has 0 spiro atoms. The third-order valence-corrected chi connectivity index (χ3v) is 3.80. The fourth-order valence-electron chi connectivity index (χ4n) is 2.62. The van der Waals surface area contributed by atoms with E-state index in [-0.39, 0.29) is 12.1 Å². The second-order valence-electron chi connectivity index (χ2n) is 5.14. The van der Waals surface area contributed by atoms with Crippen molar-refractivity contribution in [1.29, 1.82) is 0 Å². The second-order valence-corrected chi connectivity index (χ2v) is 5.14. The SMILES string of the molecule is COCCOCCOC1CCc2cc(OC)ccc2C1N. The lowest BCUT2D eigenvalue weighted by Gasteiger charge is -2.31. The second kappa shape index (κ2) is 8.34. The maximum atomic E-state index is 6.32. The normalized spacial score (nSPS) is 21.1. The summed E-state index contributed by atoms with van der Waals surface area (Å²) in [5.41, 5.74) is 8.74. The molecule has 5 nitrogen and oxygen atoms in total. The summed E-state index contributed by atoms with van der Waals surface area (Å²) in [4.78, 5) is 0. The summed E-state index contributed by atoms with van der Waals surface area (Å²) in [5, 5.41) is 0. The molecule has 0 bridgehead atoms. The molecule has 2 rings (SSSR count). The van der Waals surface area contributed by atoms with Crippen LogP contribution >= 0.6 is 0 Å². The summed E-state index contributed by atoms with van der Waals surface area (Å²) >= 11 is 0. The van der Waals surface area contributed by atoms with E-state index in [0.29, 0.717) is 26.4 Å². The molecule has 0 saturated heterocycles. The Morgan fingerprint density at radius 1 is 1.14 bits per heavy atom. The van der Waals surface area contributed by atoms with Gasteiger partial charge in [-0.1, -0.05) is 6.07 Å². The van der Waals surface area contributed by atoms with E-state index in [1.54, 1.807) is 14.2 Å². The molecule has 2 N–H and O–H groups in total. The lowest BCUT2D eigenvalue weighted by atomic mass is 9.86. The van der Waals surface area contributed by atoms with Gasteiger partial charge in [0, 0.05) is 7.11 Å². The predicted octanol–water partition coefficient (Wildman–Crippen LogP) is 1.69. The van der Waals surface area contributed by atoms with Gasteiger partial charge in [0.1, 0.15) is 5.75 Å². The number of aryl methyl sites for hydroxylation is 1. The zero-order valence-electron chi connectivity index (χ0n) is 12.8. The lowest BCUT2D eigenvalue weighted by molar-refractivity contribution is -0.0205. The molecule has 5 heteroatoms. The Hall–Kier alpha value is -1.14. The molecule has 2 unspecified atom stereocenters. The summed E-state index contributed by atoms with van der Waals surface area (Å²) < 4.78 is 21.4. The molecular formula is C16H25NO4. The van der Waals surface area contributed by atoms with Crippen molar-refractivity contribution < 1.29 is 18.9 Å². The Balaban J connectivity index is 1.81. The quantitative estimate of drug-likeness (QED) is 0.739. The molecule has 0 radical (unpaired) electrons. The van der Waals surface area contributed by atoms with Gasteiger partial charge in [0.2, 0.25) is 0 Å². The third kappa shape index (κ3) is 4.41. The van der Waals surface area contributed by atoms with Crippen LogP contribution in [0.4, 0.5) is 0 Å². The van der Waals surface area contributed by atoms with Crippen LogP contribution in [0.2, 0.25) is 0 Å². The maximum Gasteiger partial charge on any atom is 0.119 e. The van der Waals surface area contributed by atoms with Gasteiger partial charge in [0.25, 0.3) is 0 Å². The van der Waals surface area contributed by atoms with Crippen LogP contribution in [0, 0.1) is 0 Å². The standard InChI is InChI=1S/C16H25NO4/c1-18-7-8-20-9-10-21-15-6-3-12-11-13(19-2)4-5-14(12)16(15)17/h4-5,11,15-16H,3,6-10,17H2,1-2H3. The number of rotatable bonds is 8. The van der Waals surface area contributed by atoms with E-state index in [2.05, 4.69) is 6.07 Å². The van der Waals surface area contributed by atoms with Crippen LogP contribution in [0.25, 0.3) is 0 Å². The molecule has 0 saturated carbocycles. The van der Waals surface area contributed by atoms with Gasteiger partial charge in [-0.25, -0.2) is 0 Å². The first-order valence-corrected chi connectivity index (χ1v) is 7.37. The summed E-state index contributed by atoms with van der Waals surface area (Å²) in [5.74, 6) is 0.881. The van der Waals surface area contributed by atoms with Gasteiger partial charge < -0.3 is 24.7 Å². The van der Waals surface area contributed by atoms with Crippen LogP contribution in [-0.4, -0.2) is 46.8 Å². The number of methoxy groups -OCH3 is 2. The van der Waals surface area contributed by atoms with Gasteiger partial charge in [0.15, 0.2) is 0 Å². The van der Waals surface area contributed by atoms with Crippen LogP contribution in [0.3, 0.4) is 0 Å². The van der Waals surface area contributed by atoms with E-state index >= 15 is 0 Å². The number of benzene rings is 1. The molecule has 0 aliphatic heterocycles. The molecule has 21 heavy (non-hydrogen) atoms. The maximum absolute atomic E-state index is 6.32. The zero-order chi connectivity index (χ0) is 15.1. The topological polar surface area (TPSA) is 62.9 Å². The number of nitrogens with two attached hydrogens (primary N) is 1. The Morgan fingerprint density at radius 2 is 1.95 bits per heavy atom. The average Bonchev–Trinajstić information content (AvgIpc) is 2.52. The zero-order valence-corrected chi connectivity index (χ0v) is 12.8. The molecule has 0 heterocycles. The van der Waals surface area contributed by atoms with Crippen molar-refractivity contribution in [3.8, 4) is 5.75 Å². The lowest BCUT2D eigenvalue weighted by Crippen LogP contribution is -2.34. The monoisotopic (exact) mass is 295 g/mol. The highest BCUT2D eigenvalue weighted by molar-refractivity contribution is 5.39. The van der Waals surface area contributed by atoms with Gasteiger partial charge >= 0.3 is 0 Å². The number of ether oxygens (including phenoxy) is 4. The number of hydrogen-bond acceptors (Lipinski definition) is 5. The molecule has 2 atom stereocenters. The van der Waals surface area contributed by atoms with Crippen molar-refractivity contribution in [2.75, 3.05) is 40.6 Å². The largest absolute Gasteiger partial charge is 0.497 e. The van der Waals surface area contributed by atoms with Crippen molar-refractivity contribution in [2.45, 2.75) is 25.0 Å². The van der Waals surface area contributed by atoms with E-state index in [1.165, 1.54) is 5.56 Å². The fraction of sp³-hybridized carbons (Fsp3) is 0.625. The van der Waals surface area contributed by atoms with Crippen molar-refractivity contribution in [1.82, 2.24) is 0 Å². The van der Waals surface area contributed by atoms with Crippen molar-refractivity contribution in [3.05, 3.63) is 29.3 Å². The Kier molecular flexibility index (Phi) is 6.45.